The number of nitrogens with one attached hydrogen (secondary N) is 1. The summed E-state index contributed by atoms with van der Waals surface area (Å²) in [5.41, 5.74) is 6.64. The van der Waals surface area contributed by atoms with E-state index in [-0.39, 0.29) is 11.5 Å². The van der Waals surface area contributed by atoms with Crippen LogP contribution in [0.2, 0.25) is 0 Å². The van der Waals surface area contributed by atoms with Crippen LogP contribution in [0.5, 0.6) is 0 Å². The summed E-state index contributed by atoms with van der Waals surface area (Å²) >= 11 is 0. The van der Waals surface area contributed by atoms with Gasteiger partial charge in [0.05, 0.1) is 6.04 Å². The average molecular weight is 406 g/mol. The molecule has 2 atom stereocenters. The standard InChI is InChI=1S/C27H39N3/c1-10-19(4)11-12-22-13-23(18(2)3)15-24(14-22)20(5)30-21(6)25-16-28-26(29-17-25)27(7,8)9/h13-17,19,21,30H,2,5,10-12H2,1,3-4,6-9H3. The van der Waals surface area contributed by atoms with E-state index in [1.54, 1.807) is 0 Å². The van der Waals surface area contributed by atoms with Gasteiger partial charge >= 0.3 is 0 Å². The van der Waals surface area contributed by atoms with Crippen molar-refractivity contribution in [2.75, 3.05) is 0 Å². The summed E-state index contributed by atoms with van der Waals surface area (Å²) in [4.78, 5) is 9.12. The molecule has 0 aliphatic carbocycles. The van der Waals surface area contributed by atoms with E-state index >= 15 is 0 Å². The van der Waals surface area contributed by atoms with Crippen molar-refractivity contribution < 1.29 is 0 Å². The summed E-state index contributed by atoms with van der Waals surface area (Å²) in [7, 11) is 0. The van der Waals surface area contributed by atoms with E-state index in [0.717, 1.165) is 40.6 Å². The smallest absolute Gasteiger partial charge is 0.133 e. The Morgan fingerprint density at radius 1 is 1.03 bits per heavy atom. The molecule has 162 valence electrons. The van der Waals surface area contributed by atoms with E-state index in [0.29, 0.717) is 0 Å². The summed E-state index contributed by atoms with van der Waals surface area (Å²) in [6, 6.07) is 6.78. The molecule has 0 bridgehead atoms. The van der Waals surface area contributed by atoms with Gasteiger partial charge in [0.1, 0.15) is 5.82 Å². The minimum Gasteiger partial charge on any atom is -0.378 e. The van der Waals surface area contributed by atoms with Crippen LogP contribution >= 0.6 is 0 Å². The fourth-order valence-electron chi connectivity index (χ4n) is 3.25. The second-order valence-corrected chi connectivity index (χ2v) is 9.69. The van der Waals surface area contributed by atoms with Crippen LogP contribution in [0.4, 0.5) is 0 Å². The van der Waals surface area contributed by atoms with Crippen molar-refractivity contribution in [3.05, 3.63) is 71.8 Å². The van der Waals surface area contributed by atoms with Crippen LogP contribution in [-0.2, 0) is 11.8 Å². The van der Waals surface area contributed by atoms with Crippen LogP contribution in [0, 0.1) is 5.92 Å². The topological polar surface area (TPSA) is 37.8 Å². The van der Waals surface area contributed by atoms with Crippen LogP contribution in [0.1, 0.15) is 95.4 Å². The second-order valence-electron chi connectivity index (χ2n) is 9.69. The van der Waals surface area contributed by atoms with E-state index in [1.807, 2.05) is 12.4 Å². The van der Waals surface area contributed by atoms with E-state index in [2.05, 4.69) is 95.1 Å². The quantitative estimate of drug-likeness (QED) is 0.483. The van der Waals surface area contributed by atoms with Crippen LogP contribution < -0.4 is 5.32 Å². The molecule has 2 rings (SSSR count). The zero-order valence-electron chi connectivity index (χ0n) is 20.0. The van der Waals surface area contributed by atoms with Crippen molar-refractivity contribution in [2.24, 2.45) is 5.92 Å². The largest absolute Gasteiger partial charge is 0.378 e. The lowest BCUT2D eigenvalue weighted by Crippen LogP contribution is -2.20. The molecule has 1 N–H and O–H groups in total. The van der Waals surface area contributed by atoms with Crippen molar-refractivity contribution in [3.8, 4) is 0 Å². The Hall–Kier alpha value is -2.42. The molecule has 1 aromatic carbocycles. The molecule has 1 aromatic heterocycles. The summed E-state index contributed by atoms with van der Waals surface area (Å²) < 4.78 is 0. The summed E-state index contributed by atoms with van der Waals surface area (Å²) in [6.07, 6.45) is 7.33. The molecule has 3 nitrogen and oxygen atoms in total. The molecule has 2 unspecified atom stereocenters. The molecule has 0 fully saturated rings. The number of hydrogen-bond acceptors (Lipinski definition) is 3. The normalized spacial score (nSPS) is 13.6. The maximum atomic E-state index is 4.56. The molecule has 0 aliphatic rings. The first-order chi connectivity index (χ1) is 14.0. The Balaban J connectivity index is 2.18. The van der Waals surface area contributed by atoms with E-state index in [9.17, 15) is 0 Å². The van der Waals surface area contributed by atoms with Gasteiger partial charge in [-0.15, -0.1) is 0 Å². The number of nitrogens with zero attached hydrogens (tertiary/aromatic N) is 2. The molecule has 0 amide bonds. The van der Waals surface area contributed by atoms with E-state index < -0.39 is 0 Å². The predicted molar refractivity (Wildman–Crippen MR) is 130 cm³/mol. The lowest BCUT2D eigenvalue weighted by Gasteiger charge is -2.21. The number of aromatic nitrogens is 2. The molecule has 1 heterocycles. The van der Waals surface area contributed by atoms with Crippen molar-refractivity contribution in [2.45, 2.75) is 79.2 Å². The maximum absolute atomic E-state index is 4.56. The first kappa shape index (κ1) is 23.9. The van der Waals surface area contributed by atoms with Gasteiger partial charge in [-0.25, -0.2) is 9.97 Å². The fraction of sp³-hybridized carbons (Fsp3) is 0.481. The summed E-state index contributed by atoms with van der Waals surface area (Å²) in [5.74, 6) is 1.59. The molecule has 0 radical (unpaired) electrons. The second kappa shape index (κ2) is 10.1. The molecule has 0 saturated heterocycles. The van der Waals surface area contributed by atoms with Crippen LogP contribution in [0.15, 0.2) is 43.8 Å². The first-order valence-corrected chi connectivity index (χ1v) is 11.1. The molecular weight excluding hydrogens is 366 g/mol. The van der Waals surface area contributed by atoms with Crippen molar-refractivity contribution >= 4 is 11.3 Å². The lowest BCUT2D eigenvalue weighted by atomic mass is 9.94. The van der Waals surface area contributed by atoms with Crippen molar-refractivity contribution in [3.63, 3.8) is 0 Å². The summed E-state index contributed by atoms with van der Waals surface area (Å²) in [5, 5.41) is 3.54. The number of benzene rings is 1. The molecular formula is C27H39N3. The van der Waals surface area contributed by atoms with Crippen LogP contribution in [-0.4, -0.2) is 9.97 Å². The maximum Gasteiger partial charge on any atom is 0.133 e. The SMILES string of the molecule is C=C(C)c1cc(CCC(C)CC)cc(C(=C)NC(C)c2cnc(C(C)(C)C)nc2)c1. The van der Waals surface area contributed by atoms with Crippen LogP contribution in [0.3, 0.4) is 0 Å². The molecule has 3 heteroatoms. The predicted octanol–water partition coefficient (Wildman–Crippen LogP) is 7.11. The Labute approximate surface area is 183 Å². The Bertz CT molecular complexity index is 872. The van der Waals surface area contributed by atoms with Crippen molar-refractivity contribution in [1.82, 2.24) is 15.3 Å². The lowest BCUT2D eigenvalue weighted by molar-refractivity contribution is 0.516. The summed E-state index contributed by atoms with van der Waals surface area (Å²) in [6.45, 7) is 23.6. The number of rotatable bonds is 9. The highest BCUT2D eigenvalue weighted by Crippen LogP contribution is 2.25. The van der Waals surface area contributed by atoms with Gasteiger partial charge < -0.3 is 5.32 Å². The van der Waals surface area contributed by atoms with Gasteiger partial charge in [-0.2, -0.15) is 0 Å². The van der Waals surface area contributed by atoms with Gasteiger partial charge in [-0.3, -0.25) is 0 Å². The van der Waals surface area contributed by atoms with Gasteiger partial charge in [0.2, 0.25) is 0 Å². The minimum absolute atomic E-state index is 0.0482. The average Bonchev–Trinajstić information content (AvgIpc) is 2.71. The van der Waals surface area contributed by atoms with Gasteiger partial charge in [0.15, 0.2) is 0 Å². The Kier molecular flexibility index (Phi) is 8.00. The molecule has 0 spiro atoms. The number of allylic oxidation sites excluding steroid dienone is 1. The van der Waals surface area contributed by atoms with Gasteiger partial charge in [0.25, 0.3) is 0 Å². The van der Waals surface area contributed by atoms with E-state index in [1.165, 1.54) is 24.0 Å². The highest BCUT2D eigenvalue weighted by molar-refractivity contribution is 5.70. The molecule has 0 aliphatic heterocycles. The Morgan fingerprint density at radius 3 is 2.17 bits per heavy atom. The van der Waals surface area contributed by atoms with E-state index in [4.69, 9.17) is 0 Å². The van der Waals surface area contributed by atoms with Gasteiger partial charge in [-0.05, 0) is 61.4 Å². The zero-order valence-corrected chi connectivity index (χ0v) is 20.0. The molecule has 0 saturated carbocycles. The molecule has 30 heavy (non-hydrogen) atoms. The fourth-order valence-corrected chi connectivity index (χ4v) is 3.25. The Morgan fingerprint density at radius 2 is 1.63 bits per heavy atom. The zero-order chi connectivity index (χ0) is 22.5. The molecule has 2 aromatic rings. The third kappa shape index (κ3) is 6.55. The highest BCUT2D eigenvalue weighted by Gasteiger charge is 2.18. The third-order valence-corrected chi connectivity index (χ3v) is 5.69. The number of hydrogen-bond donors (Lipinski definition) is 1. The number of aryl methyl sites for hydroxylation is 1. The third-order valence-electron chi connectivity index (χ3n) is 5.69. The van der Waals surface area contributed by atoms with Gasteiger partial charge in [0, 0.05) is 29.1 Å². The first-order valence-electron chi connectivity index (χ1n) is 11.1. The van der Waals surface area contributed by atoms with Crippen LogP contribution in [0.25, 0.3) is 11.3 Å². The monoisotopic (exact) mass is 405 g/mol. The highest BCUT2D eigenvalue weighted by atomic mass is 14.9. The minimum atomic E-state index is -0.0482. The van der Waals surface area contributed by atoms with Gasteiger partial charge in [-0.1, -0.05) is 65.8 Å². The van der Waals surface area contributed by atoms with Crippen molar-refractivity contribution in [1.29, 1.82) is 0 Å².